The topological polar surface area (TPSA) is 66.5 Å². The highest BCUT2D eigenvalue weighted by atomic mass is 35.5. The van der Waals surface area contributed by atoms with Crippen LogP contribution in [0.25, 0.3) is 11.1 Å². The molecule has 0 unspecified atom stereocenters. The van der Waals surface area contributed by atoms with Crippen molar-refractivity contribution < 1.29 is 10.2 Å². The smallest absolute Gasteiger partial charge is 0.125 e. The van der Waals surface area contributed by atoms with E-state index in [0.717, 1.165) is 5.56 Å². The maximum Gasteiger partial charge on any atom is 0.125 e. The van der Waals surface area contributed by atoms with Crippen LogP contribution in [-0.2, 0) is 0 Å². The van der Waals surface area contributed by atoms with Gasteiger partial charge in [0, 0.05) is 17.3 Å². The summed E-state index contributed by atoms with van der Waals surface area (Å²) in [4.78, 5) is 0. The zero-order valence-corrected chi connectivity index (χ0v) is 9.24. The molecule has 16 heavy (non-hydrogen) atoms. The van der Waals surface area contributed by atoms with Crippen LogP contribution in [0, 0.1) is 0 Å². The SMILES string of the molecule is Cl.Nc1ccc(-c2ccc(O)cc2)c(O)c1. The number of nitrogen functional groups attached to an aromatic ring is 1. The van der Waals surface area contributed by atoms with E-state index < -0.39 is 0 Å². The fraction of sp³-hybridized carbons (Fsp3) is 0. The highest BCUT2D eigenvalue weighted by Gasteiger charge is 2.03. The average molecular weight is 238 g/mol. The van der Waals surface area contributed by atoms with Gasteiger partial charge in [-0.3, -0.25) is 0 Å². The van der Waals surface area contributed by atoms with Crippen molar-refractivity contribution in [3.63, 3.8) is 0 Å². The fourth-order valence-electron chi connectivity index (χ4n) is 1.43. The molecule has 84 valence electrons. The lowest BCUT2D eigenvalue weighted by Crippen LogP contribution is -1.85. The molecule has 0 aliphatic heterocycles. The second-order valence-corrected chi connectivity index (χ2v) is 3.32. The largest absolute Gasteiger partial charge is 0.508 e. The molecule has 3 nitrogen and oxygen atoms in total. The number of hydrogen-bond donors (Lipinski definition) is 3. The van der Waals surface area contributed by atoms with Crippen LogP contribution in [0.2, 0.25) is 0 Å². The molecular weight excluding hydrogens is 226 g/mol. The van der Waals surface area contributed by atoms with Gasteiger partial charge in [-0.05, 0) is 29.8 Å². The average Bonchev–Trinajstić information content (AvgIpc) is 2.20. The van der Waals surface area contributed by atoms with Crippen LogP contribution in [0.1, 0.15) is 0 Å². The van der Waals surface area contributed by atoms with Crippen molar-refractivity contribution in [2.24, 2.45) is 0 Å². The summed E-state index contributed by atoms with van der Waals surface area (Å²) in [7, 11) is 0. The molecule has 0 spiro atoms. The maximum atomic E-state index is 9.67. The van der Waals surface area contributed by atoms with Gasteiger partial charge in [-0.2, -0.15) is 0 Å². The Morgan fingerprint density at radius 2 is 1.50 bits per heavy atom. The van der Waals surface area contributed by atoms with Crippen LogP contribution in [0.15, 0.2) is 42.5 Å². The Balaban J connectivity index is 0.00000128. The maximum absolute atomic E-state index is 9.67. The number of hydrogen-bond acceptors (Lipinski definition) is 3. The highest BCUT2D eigenvalue weighted by molar-refractivity contribution is 5.85. The Bertz CT molecular complexity index is 483. The number of rotatable bonds is 1. The molecule has 0 atom stereocenters. The predicted molar refractivity (Wildman–Crippen MR) is 66.9 cm³/mol. The number of phenolic OH excluding ortho intramolecular Hbond substituents is 2. The third-order valence-corrected chi connectivity index (χ3v) is 2.20. The van der Waals surface area contributed by atoms with Gasteiger partial charge in [-0.1, -0.05) is 12.1 Å². The summed E-state index contributed by atoms with van der Waals surface area (Å²) in [6.07, 6.45) is 0. The Hall–Kier alpha value is -1.87. The van der Waals surface area contributed by atoms with Crippen molar-refractivity contribution in [1.29, 1.82) is 0 Å². The number of phenols is 2. The standard InChI is InChI=1S/C12H11NO2.ClH/c13-9-3-6-11(12(15)7-9)8-1-4-10(14)5-2-8;/h1-7,14-15H,13H2;1H. The molecule has 0 aromatic heterocycles. The molecule has 0 saturated carbocycles. The Kier molecular flexibility index (Phi) is 3.64. The second-order valence-electron chi connectivity index (χ2n) is 3.32. The van der Waals surface area contributed by atoms with Crippen LogP contribution in [0.4, 0.5) is 5.69 Å². The Morgan fingerprint density at radius 1 is 0.875 bits per heavy atom. The second kappa shape index (κ2) is 4.77. The molecule has 0 amide bonds. The minimum absolute atomic E-state index is 0. The van der Waals surface area contributed by atoms with Gasteiger partial charge in [-0.15, -0.1) is 12.4 Å². The summed E-state index contributed by atoms with van der Waals surface area (Å²) in [5.74, 6) is 0.342. The van der Waals surface area contributed by atoms with E-state index in [0.29, 0.717) is 11.3 Å². The van der Waals surface area contributed by atoms with Gasteiger partial charge in [0.05, 0.1) is 0 Å². The van der Waals surface area contributed by atoms with E-state index in [1.165, 1.54) is 6.07 Å². The molecule has 0 radical (unpaired) electrons. The number of anilines is 1. The minimum Gasteiger partial charge on any atom is -0.508 e. The molecule has 2 rings (SSSR count). The fourth-order valence-corrected chi connectivity index (χ4v) is 1.43. The van der Waals surface area contributed by atoms with E-state index in [1.807, 2.05) is 0 Å². The lowest BCUT2D eigenvalue weighted by molar-refractivity contribution is 0.474. The molecule has 0 aliphatic rings. The zero-order valence-electron chi connectivity index (χ0n) is 8.42. The monoisotopic (exact) mass is 237 g/mol. The first-order valence-electron chi connectivity index (χ1n) is 4.55. The van der Waals surface area contributed by atoms with Crippen LogP contribution in [0.3, 0.4) is 0 Å². The summed E-state index contributed by atoms with van der Waals surface area (Å²) in [6, 6.07) is 11.6. The van der Waals surface area contributed by atoms with E-state index in [1.54, 1.807) is 36.4 Å². The van der Waals surface area contributed by atoms with Gasteiger partial charge in [0.2, 0.25) is 0 Å². The first-order chi connectivity index (χ1) is 7.16. The third kappa shape index (κ3) is 2.38. The molecule has 0 aliphatic carbocycles. The molecule has 0 fully saturated rings. The summed E-state index contributed by atoms with van der Waals surface area (Å²) in [6.45, 7) is 0. The molecule has 2 aromatic carbocycles. The summed E-state index contributed by atoms with van der Waals surface area (Å²) in [5, 5.41) is 18.8. The van der Waals surface area contributed by atoms with Gasteiger partial charge in [0.1, 0.15) is 11.5 Å². The van der Waals surface area contributed by atoms with Crippen molar-refractivity contribution in [3.05, 3.63) is 42.5 Å². The first-order valence-corrected chi connectivity index (χ1v) is 4.55. The van der Waals surface area contributed by atoms with Crippen molar-refractivity contribution in [2.75, 3.05) is 5.73 Å². The number of aromatic hydroxyl groups is 2. The predicted octanol–water partition coefficient (Wildman–Crippen LogP) is 2.77. The van der Waals surface area contributed by atoms with Crippen molar-refractivity contribution in [1.82, 2.24) is 0 Å². The third-order valence-electron chi connectivity index (χ3n) is 2.20. The number of halogens is 1. The summed E-state index contributed by atoms with van der Waals surface area (Å²) in [5.41, 5.74) is 7.59. The lowest BCUT2D eigenvalue weighted by Gasteiger charge is -2.05. The quantitative estimate of drug-likeness (QED) is 0.668. The molecular formula is C12H12ClNO2. The van der Waals surface area contributed by atoms with E-state index in [2.05, 4.69) is 0 Å². The van der Waals surface area contributed by atoms with Gasteiger partial charge in [-0.25, -0.2) is 0 Å². The van der Waals surface area contributed by atoms with Crippen molar-refractivity contribution in [3.8, 4) is 22.6 Å². The number of nitrogens with two attached hydrogens (primary N) is 1. The molecule has 0 heterocycles. The zero-order chi connectivity index (χ0) is 10.8. The number of benzene rings is 2. The van der Waals surface area contributed by atoms with Gasteiger partial charge in [0.25, 0.3) is 0 Å². The van der Waals surface area contributed by atoms with E-state index in [9.17, 15) is 5.11 Å². The van der Waals surface area contributed by atoms with Crippen molar-refractivity contribution in [2.45, 2.75) is 0 Å². The van der Waals surface area contributed by atoms with E-state index in [-0.39, 0.29) is 23.9 Å². The molecule has 2 aromatic rings. The van der Waals surface area contributed by atoms with Crippen molar-refractivity contribution >= 4 is 18.1 Å². The van der Waals surface area contributed by atoms with Crippen LogP contribution >= 0.6 is 12.4 Å². The molecule has 4 heteroatoms. The van der Waals surface area contributed by atoms with Gasteiger partial charge < -0.3 is 15.9 Å². The minimum atomic E-state index is 0. The molecule has 4 N–H and O–H groups in total. The molecule has 0 bridgehead atoms. The molecule has 0 saturated heterocycles. The summed E-state index contributed by atoms with van der Waals surface area (Å²) < 4.78 is 0. The lowest BCUT2D eigenvalue weighted by atomic mass is 10.0. The Labute approximate surface area is 99.6 Å². The highest BCUT2D eigenvalue weighted by Crippen LogP contribution is 2.31. The summed E-state index contributed by atoms with van der Waals surface area (Å²) >= 11 is 0. The Morgan fingerprint density at radius 3 is 2.06 bits per heavy atom. The van der Waals surface area contributed by atoms with Crippen LogP contribution < -0.4 is 5.73 Å². The van der Waals surface area contributed by atoms with Crippen LogP contribution in [0.5, 0.6) is 11.5 Å². The normalized spacial score (nSPS) is 9.50. The van der Waals surface area contributed by atoms with Gasteiger partial charge in [0.15, 0.2) is 0 Å². The van der Waals surface area contributed by atoms with Gasteiger partial charge >= 0.3 is 0 Å². The van der Waals surface area contributed by atoms with E-state index in [4.69, 9.17) is 10.8 Å². The van der Waals surface area contributed by atoms with Crippen LogP contribution in [-0.4, -0.2) is 10.2 Å². The first kappa shape index (κ1) is 12.2. The van der Waals surface area contributed by atoms with E-state index >= 15 is 0 Å².